The third kappa shape index (κ3) is 5.75. The maximum atomic E-state index is 12.1. The number of thiocarbonyl (C=S) groups is 1. The van der Waals surface area contributed by atoms with E-state index < -0.39 is 0 Å². The van der Waals surface area contributed by atoms with Crippen molar-refractivity contribution in [3.63, 3.8) is 0 Å². The molecule has 0 heterocycles. The van der Waals surface area contributed by atoms with E-state index in [9.17, 15) is 4.79 Å². The molecular weight excluding hydrogens is 296 g/mol. The van der Waals surface area contributed by atoms with Crippen molar-refractivity contribution in [2.24, 2.45) is 5.73 Å². The summed E-state index contributed by atoms with van der Waals surface area (Å²) < 4.78 is 5.45. The van der Waals surface area contributed by atoms with Crippen molar-refractivity contribution in [3.8, 4) is 5.75 Å². The lowest BCUT2D eigenvalue weighted by Gasteiger charge is -2.26. The maximum Gasteiger partial charge on any atom is 0.260 e. The van der Waals surface area contributed by atoms with Gasteiger partial charge in [-0.15, -0.1) is 0 Å². The average Bonchev–Trinajstić information content (AvgIpc) is 2.36. The lowest BCUT2D eigenvalue weighted by atomic mass is 10.2. The monoisotopic (exact) mass is 314 g/mol. The Morgan fingerprint density at radius 1 is 1.50 bits per heavy atom. The van der Waals surface area contributed by atoms with Crippen LogP contribution in [0.3, 0.4) is 0 Å². The van der Waals surface area contributed by atoms with Gasteiger partial charge in [0.2, 0.25) is 0 Å². The third-order valence-corrected chi connectivity index (χ3v) is 3.14. The minimum absolute atomic E-state index is 0.0319. The molecular formula is C14H19ClN2O2S. The van der Waals surface area contributed by atoms with E-state index in [4.69, 9.17) is 34.3 Å². The number of hydrogen-bond donors (Lipinski definition) is 1. The van der Waals surface area contributed by atoms with E-state index >= 15 is 0 Å². The van der Waals surface area contributed by atoms with Gasteiger partial charge in [0.15, 0.2) is 6.61 Å². The van der Waals surface area contributed by atoms with E-state index in [-0.39, 0.29) is 18.6 Å². The fourth-order valence-corrected chi connectivity index (χ4v) is 1.96. The molecule has 0 aliphatic carbocycles. The molecule has 0 atom stereocenters. The van der Waals surface area contributed by atoms with Crippen LogP contribution in [-0.4, -0.2) is 35.0 Å². The molecule has 110 valence electrons. The Kier molecular flexibility index (Phi) is 6.75. The molecule has 6 heteroatoms. The molecule has 20 heavy (non-hydrogen) atoms. The molecule has 0 saturated carbocycles. The maximum absolute atomic E-state index is 12.1. The number of nitrogens with two attached hydrogens (primary N) is 1. The number of benzene rings is 1. The van der Waals surface area contributed by atoms with Crippen LogP contribution in [0, 0.1) is 0 Å². The molecule has 0 bridgehead atoms. The van der Waals surface area contributed by atoms with Crippen molar-refractivity contribution in [3.05, 3.63) is 29.3 Å². The lowest BCUT2D eigenvalue weighted by molar-refractivity contribution is -0.134. The van der Waals surface area contributed by atoms with Gasteiger partial charge in [0.1, 0.15) is 5.75 Å². The Labute approximate surface area is 129 Å². The predicted octanol–water partition coefficient (Wildman–Crippen LogP) is 2.63. The first-order valence-corrected chi connectivity index (χ1v) is 7.15. The predicted molar refractivity (Wildman–Crippen MR) is 85.2 cm³/mol. The summed E-state index contributed by atoms with van der Waals surface area (Å²) >= 11 is 10.7. The molecule has 2 N–H and O–H groups in total. The van der Waals surface area contributed by atoms with Crippen LogP contribution >= 0.6 is 23.8 Å². The summed E-state index contributed by atoms with van der Waals surface area (Å²) in [6.07, 6.45) is 0.510. The van der Waals surface area contributed by atoms with Crippen LogP contribution in [0.15, 0.2) is 24.3 Å². The zero-order valence-electron chi connectivity index (χ0n) is 11.6. The van der Waals surface area contributed by atoms with Crippen molar-refractivity contribution in [1.82, 2.24) is 4.90 Å². The molecule has 1 aromatic rings. The second-order valence-corrected chi connectivity index (χ2v) is 5.60. The van der Waals surface area contributed by atoms with Crippen LogP contribution in [0.1, 0.15) is 20.3 Å². The summed E-state index contributed by atoms with van der Waals surface area (Å²) in [6.45, 7) is 4.36. The molecule has 1 amide bonds. The standard InChI is InChI=1S/C14H19ClN2O2S/c1-10(2)17(7-6-13(16)20)14(18)9-19-12-5-3-4-11(15)8-12/h3-5,8,10H,6-7,9H2,1-2H3,(H2,16,20). The largest absolute Gasteiger partial charge is 0.484 e. The molecule has 4 nitrogen and oxygen atoms in total. The highest BCUT2D eigenvalue weighted by atomic mass is 35.5. The number of hydrogen-bond acceptors (Lipinski definition) is 3. The first-order valence-electron chi connectivity index (χ1n) is 6.36. The number of carbonyl (C=O) groups excluding carboxylic acids is 1. The zero-order chi connectivity index (χ0) is 15.1. The second kappa shape index (κ2) is 8.07. The Morgan fingerprint density at radius 2 is 2.20 bits per heavy atom. The van der Waals surface area contributed by atoms with Crippen LogP contribution in [0.4, 0.5) is 0 Å². The summed E-state index contributed by atoms with van der Waals surface area (Å²) in [4.78, 5) is 14.2. The SMILES string of the molecule is CC(C)N(CCC(N)=S)C(=O)COc1cccc(Cl)c1. The van der Waals surface area contributed by atoms with E-state index in [1.54, 1.807) is 29.2 Å². The molecule has 0 fully saturated rings. The highest BCUT2D eigenvalue weighted by Crippen LogP contribution is 2.17. The summed E-state index contributed by atoms with van der Waals surface area (Å²) in [5, 5.41) is 0.573. The van der Waals surface area contributed by atoms with Gasteiger partial charge in [-0.05, 0) is 32.0 Å². The molecule has 0 aliphatic heterocycles. The number of rotatable bonds is 7. The van der Waals surface area contributed by atoms with Gasteiger partial charge >= 0.3 is 0 Å². The van der Waals surface area contributed by atoms with E-state index in [1.807, 2.05) is 13.8 Å². The number of ether oxygens (including phenoxy) is 1. The zero-order valence-corrected chi connectivity index (χ0v) is 13.2. The van der Waals surface area contributed by atoms with Gasteiger partial charge in [0.05, 0.1) is 4.99 Å². The summed E-state index contributed by atoms with van der Waals surface area (Å²) in [5.74, 6) is 0.472. The van der Waals surface area contributed by atoms with Crippen molar-refractivity contribution < 1.29 is 9.53 Å². The molecule has 0 unspecified atom stereocenters. The number of halogens is 1. The third-order valence-electron chi connectivity index (χ3n) is 2.70. The van der Waals surface area contributed by atoms with Crippen LogP contribution in [0.2, 0.25) is 5.02 Å². The molecule has 0 radical (unpaired) electrons. The van der Waals surface area contributed by atoms with E-state index in [0.717, 1.165) is 0 Å². The molecule has 1 rings (SSSR count). The summed E-state index contributed by atoms with van der Waals surface area (Å²) in [7, 11) is 0. The summed E-state index contributed by atoms with van der Waals surface area (Å²) in [6, 6.07) is 7.02. The Bertz CT molecular complexity index is 480. The fraction of sp³-hybridized carbons (Fsp3) is 0.429. The van der Waals surface area contributed by atoms with Gasteiger partial charge in [0.25, 0.3) is 5.91 Å². The van der Waals surface area contributed by atoms with Gasteiger partial charge in [-0.1, -0.05) is 29.9 Å². The van der Waals surface area contributed by atoms with Crippen molar-refractivity contribution >= 4 is 34.7 Å². The fourth-order valence-electron chi connectivity index (χ4n) is 1.69. The molecule has 0 aromatic heterocycles. The van der Waals surface area contributed by atoms with Gasteiger partial charge < -0.3 is 15.4 Å². The normalized spacial score (nSPS) is 10.4. The topological polar surface area (TPSA) is 55.6 Å². The molecule has 1 aromatic carbocycles. The van der Waals surface area contributed by atoms with Crippen molar-refractivity contribution in [2.45, 2.75) is 26.3 Å². The summed E-state index contributed by atoms with van der Waals surface area (Å²) in [5.41, 5.74) is 5.47. The van der Waals surface area contributed by atoms with E-state index in [0.29, 0.717) is 28.7 Å². The van der Waals surface area contributed by atoms with Gasteiger partial charge in [-0.25, -0.2) is 0 Å². The smallest absolute Gasteiger partial charge is 0.260 e. The highest BCUT2D eigenvalue weighted by Gasteiger charge is 2.17. The molecule has 0 spiro atoms. The molecule has 0 saturated heterocycles. The van der Waals surface area contributed by atoms with E-state index in [2.05, 4.69) is 0 Å². The Balaban J connectivity index is 2.55. The number of nitrogens with zero attached hydrogens (tertiary/aromatic N) is 1. The van der Waals surface area contributed by atoms with Crippen LogP contribution in [-0.2, 0) is 4.79 Å². The number of carbonyl (C=O) groups is 1. The second-order valence-electron chi connectivity index (χ2n) is 4.64. The minimum Gasteiger partial charge on any atom is -0.484 e. The Hall–Kier alpha value is -1.33. The van der Waals surface area contributed by atoms with Gasteiger partial charge in [-0.2, -0.15) is 0 Å². The van der Waals surface area contributed by atoms with Gasteiger partial charge in [-0.3, -0.25) is 4.79 Å². The average molecular weight is 315 g/mol. The van der Waals surface area contributed by atoms with Crippen molar-refractivity contribution in [1.29, 1.82) is 0 Å². The van der Waals surface area contributed by atoms with Crippen LogP contribution in [0.5, 0.6) is 5.75 Å². The molecule has 0 aliphatic rings. The number of amides is 1. The van der Waals surface area contributed by atoms with Crippen LogP contribution < -0.4 is 10.5 Å². The quantitative estimate of drug-likeness (QED) is 0.786. The lowest BCUT2D eigenvalue weighted by Crippen LogP contribution is -2.41. The van der Waals surface area contributed by atoms with Crippen molar-refractivity contribution in [2.75, 3.05) is 13.2 Å². The van der Waals surface area contributed by atoms with Crippen LogP contribution in [0.25, 0.3) is 0 Å². The minimum atomic E-state index is -0.101. The highest BCUT2D eigenvalue weighted by molar-refractivity contribution is 7.80. The first kappa shape index (κ1) is 16.7. The first-order chi connectivity index (χ1) is 9.40. The van der Waals surface area contributed by atoms with E-state index in [1.165, 1.54) is 0 Å². The van der Waals surface area contributed by atoms with Gasteiger partial charge in [0, 0.05) is 24.0 Å². The Morgan fingerprint density at radius 3 is 2.75 bits per heavy atom.